The SMILES string of the molecule is COc1ccccc1-c1ccc(-n2ccs/c2=N\C(=O)N2CCCC2)cc1. The van der Waals surface area contributed by atoms with E-state index in [4.69, 9.17) is 4.74 Å². The first-order valence-corrected chi connectivity index (χ1v) is 9.88. The molecule has 0 spiro atoms. The number of urea groups is 1. The molecule has 0 bridgehead atoms. The number of rotatable bonds is 3. The molecule has 2 amide bonds. The summed E-state index contributed by atoms with van der Waals surface area (Å²) in [7, 11) is 1.68. The van der Waals surface area contributed by atoms with E-state index >= 15 is 0 Å². The highest BCUT2D eigenvalue weighted by atomic mass is 32.1. The maximum absolute atomic E-state index is 12.3. The Labute approximate surface area is 162 Å². The van der Waals surface area contributed by atoms with Crippen LogP contribution >= 0.6 is 11.3 Å². The third-order valence-electron chi connectivity index (χ3n) is 4.72. The van der Waals surface area contributed by atoms with Crippen molar-refractivity contribution in [1.82, 2.24) is 9.47 Å². The number of carbonyl (C=O) groups is 1. The van der Waals surface area contributed by atoms with Crippen LogP contribution in [0.5, 0.6) is 5.75 Å². The zero-order valence-corrected chi connectivity index (χ0v) is 16.0. The highest BCUT2D eigenvalue weighted by Crippen LogP contribution is 2.29. The molecule has 0 unspecified atom stereocenters. The number of methoxy groups -OCH3 is 1. The van der Waals surface area contributed by atoms with Crippen LogP contribution in [0, 0.1) is 0 Å². The molecule has 3 aromatic rings. The zero-order valence-electron chi connectivity index (χ0n) is 15.2. The predicted octanol–water partition coefficient (Wildman–Crippen LogP) is 4.33. The van der Waals surface area contributed by atoms with E-state index in [1.54, 1.807) is 7.11 Å². The Hall–Kier alpha value is -2.86. The van der Waals surface area contributed by atoms with E-state index in [1.165, 1.54) is 11.3 Å². The lowest BCUT2D eigenvalue weighted by Gasteiger charge is -2.11. The minimum absolute atomic E-state index is 0.144. The molecule has 2 aromatic carbocycles. The largest absolute Gasteiger partial charge is 0.496 e. The Kier molecular flexibility index (Phi) is 5.07. The molecule has 0 aliphatic carbocycles. The average Bonchev–Trinajstić information content (AvgIpc) is 3.40. The molecule has 1 fully saturated rings. The van der Waals surface area contributed by atoms with E-state index in [9.17, 15) is 4.79 Å². The number of para-hydroxylation sites is 1. The van der Waals surface area contributed by atoms with Gasteiger partial charge in [-0.3, -0.25) is 4.57 Å². The molecule has 1 saturated heterocycles. The second-order valence-electron chi connectivity index (χ2n) is 6.39. The number of benzene rings is 2. The lowest BCUT2D eigenvalue weighted by Crippen LogP contribution is -2.27. The summed E-state index contributed by atoms with van der Waals surface area (Å²) in [6.45, 7) is 1.61. The molecule has 1 aliphatic rings. The van der Waals surface area contributed by atoms with Crippen LogP contribution in [-0.2, 0) is 0 Å². The van der Waals surface area contributed by atoms with Gasteiger partial charge in [-0.25, -0.2) is 4.79 Å². The monoisotopic (exact) mass is 379 g/mol. The zero-order chi connectivity index (χ0) is 18.6. The Balaban J connectivity index is 1.64. The van der Waals surface area contributed by atoms with Crippen molar-refractivity contribution in [2.45, 2.75) is 12.8 Å². The summed E-state index contributed by atoms with van der Waals surface area (Å²) in [6, 6.07) is 16.0. The van der Waals surface area contributed by atoms with Crippen LogP contribution in [0.15, 0.2) is 65.1 Å². The lowest BCUT2D eigenvalue weighted by molar-refractivity contribution is 0.218. The van der Waals surface area contributed by atoms with Gasteiger partial charge in [0.15, 0.2) is 4.80 Å². The quantitative estimate of drug-likeness (QED) is 0.680. The number of likely N-dealkylation sites (tertiary alicyclic amines) is 1. The van der Waals surface area contributed by atoms with E-state index in [2.05, 4.69) is 17.1 Å². The fourth-order valence-corrected chi connectivity index (χ4v) is 4.01. The Bertz CT molecular complexity index is 999. The first-order valence-electron chi connectivity index (χ1n) is 9.00. The van der Waals surface area contributed by atoms with Crippen LogP contribution in [-0.4, -0.2) is 35.7 Å². The van der Waals surface area contributed by atoms with Gasteiger partial charge in [-0.15, -0.1) is 11.3 Å². The van der Waals surface area contributed by atoms with Gasteiger partial charge >= 0.3 is 6.03 Å². The third-order valence-corrected chi connectivity index (χ3v) is 5.48. The summed E-state index contributed by atoms with van der Waals surface area (Å²) >= 11 is 1.47. The first kappa shape index (κ1) is 17.5. The number of nitrogens with zero attached hydrogens (tertiary/aromatic N) is 3. The van der Waals surface area contributed by atoms with Crippen molar-refractivity contribution in [3.05, 3.63) is 64.9 Å². The molecule has 6 heteroatoms. The van der Waals surface area contributed by atoms with Crippen LogP contribution in [0.3, 0.4) is 0 Å². The summed E-state index contributed by atoms with van der Waals surface area (Å²) in [6.07, 6.45) is 4.07. The highest BCUT2D eigenvalue weighted by molar-refractivity contribution is 7.07. The fourth-order valence-electron chi connectivity index (χ4n) is 3.30. The number of ether oxygens (including phenoxy) is 1. The Morgan fingerprint density at radius 2 is 1.81 bits per heavy atom. The van der Waals surface area contributed by atoms with Gasteiger partial charge in [0.2, 0.25) is 0 Å². The second-order valence-corrected chi connectivity index (χ2v) is 7.26. The van der Waals surface area contributed by atoms with Crippen molar-refractivity contribution < 1.29 is 9.53 Å². The van der Waals surface area contributed by atoms with Gasteiger partial charge in [0.25, 0.3) is 0 Å². The summed E-state index contributed by atoms with van der Waals surface area (Å²) in [4.78, 5) is 19.2. The van der Waals surface area contributed by atoms with Crippen LogP contribution in [0.4, 0.5) is 4.79 Å². The highest BCUT2D eigenvalue weighted by Gasteiger charge is 2.17. The molecule has 0 saturated carbocycles. The van der Waals surface area contributed by atoms with E-state index in [1.807, 2.05) is 57.4 Å². The lowest BCUT2D eigenvalue weighted by atomic mass is 10.0. The van der Waals surface area contributed by atoms with Gasteiger partial charge in [0.1, 0.15) is 5.75 Å². The smallest absolute Gasteiger partial charge is 0.346 e. The second kappa shape index (κ2) is 7.80. The summed E-state index contributed by atoms with van der Waals surface area (Å²) < 4.78 is 7.40. The molecule has 4 rings (SSSR count). The molecule has 5 nitrogen and oxygen atoms in total. The summed E-state index contributed by atoms with van der Waals surface area (Å²) in [5, 5.41) is 1.95. The van der Waals surface area contributed by atoms with Gasteiger partial charge < -0.3 is 9.64 Å². The topological polar surface area (TPSA) is 46.8 Å². The van der Waals surface area contributed by atoms with Crippen molar-refractivity contribution in [2.24, 2.45) is 4.99 Å². The van der Waals surface area contributed by atoms with E-state index < -0.39 is 0 Å². The third kappa shape index (κ3) is 3.66. The van der Waals surface area contributed by atoms with Gasteiger partial charge in [-0.2, -0.15) is 4.99 Å². The van der Waals surface area contributed by atoms with Crippen molar-refractivity contribution in [1.29, 1.82) is 0 Å². The summed E-state index contributed by atoms with van der Waals surface area (Å²) in [5.74, 6) is 0.848. The fraction of sp³-hybridized carbons (Fsp3) is 0.238. The minimum Gasteiger partial charge on any atom is -0.496 e. The van der Waals surface area contributed by atoms with Crippen molar-refractivity contribution in [3.63, 3.8) is 0 Å². The average molecular weight is 379 g/mol. The number of hydrogen-bond acceptors (Lipinski definition) is 3. The Morgan fingerprint density at radius 3 is 2.56 bits per heavy atom. The molecule has 0 N–H and O–H groups in total. The molecular formula is C21H21N3O2S. The molecule has 138 valence electrons. The number of carbonyl (C=O) groups excluding carboxylic acids is 1. The van der Waals surface area contributed by atoms with Gasteiger partial charge in [-0.05, 0) is 36.6 Å². The van der Waals surface area contributed by atoms with Crippen LogP contribution in [0.25, 0.3) is 16.8 Å². The number of thiazole rings is 1. The molecule has 0 atom stereocenters. The molecule has 27 heavy (non-hydrogen) atoms. The van der Waals surface area contributed by atoms with Crippen molar-refractivity contribution in [2.75, 3.05) is 20.2 Å². The van der Waals surface area contributed by atoms with Gasteiger partial charge in [0, 0.05) is 35.9 Å². The number of hydrogen-bond donors (Lipinski definition) is 0. The Morgan fingerprint density at radius 1 is 1.07 bits per heavy atom. The van der Waals surface area contributed by atoms with Crippen LogP contribution in [0.2, 0.25) is 0 Å². The van der Waals surface area contributed by atoms with Crippen LogP contribution < -0.4 is 9.54 Å². The number of amides is 2. The first-order chi connectivity index (χ1) is 13.3. The van der Waals surface area contributed by atoms with Gasteiger partial charge in [0.05, 0.1) is 7.11 Å². The van der Waals surface area contributed by atoms with E-state index in [0.29, 0.717) is 4.80 Å². The van der Waals surface area contributed by atoms with Crippen molar-refractivity contribution in [3.8, 4) is 22.6 Å². The predicted molar refractivity (Wildman–Crippen MR) is 107 cm³/mol. The molecule has 2 heterocycles. The normalized spacial score (nSPS) is 14.6. The maximum atomic E-state index is 12.3. The molecule has 0 radical (unpaired) electrons. The maximum Gasteiger partial charge on any atom is 0.346 e. The molecule has 1 aromatic heterocycles. The van der Waals surface area contributed by atoms with Crippen LogP contribution in [0.1, 0.15) is 12.8 Å². The minimum atomic E-state index is -0.144. The van der Waals surface area contributed by atoms with Gasteiger partial charge in [-0.1, -0.05) is 30.3 Å². The number of aromatic nitrogens is 1. The standard InChI is InChI=1S/C21H21N3O2S/c1-26-19-7-3-2-6-18(19)16-8-10-17(11-9-16)24-14-15-27-21(24)22-20(25)23-12-4-5-13-23/h2-3,6-11,14-15H,4-5,12-13H2,1H3/b22-21-. The molecular weight excluding hydrogens is 358 g/mol. The van der Waals surface area contributed by atoms with E-state index in [-0.39, 0.29) is 6.03 Å². The summed E-state index contributed by atoms with van der Waals surface area (Å²) in [5.41, 5.74) is 3.11. The van der Waals surface area contributed by atoms with Crippen molar-refractivity contribution >= 4 is 17.4 Å². The van der Waals surface area contributed by atoms with E-state index in [0.717, 1.165) is 48.5 Å². The molecule has 1 aliphatic heterocycles.